The highest BCUT2D eigenvalue weighted by molar-refractivity contribution is 6.42. The van der Waals surface area contributed by atoms with Crippen molar-refractivity contribution in [1.82, 2.24) is 0 Å². The lowest BCUT2D eigenvalue weighted by atomic mass is 10.2. The van der Waals surface area contributed by atoms with E-state index in [0.29, 0.717) is 6.08 Å². The third kappa shape index (κ3) is 4.45. The van der Waals surface area contributed by atoms with Gasteiger partial charge in [-0.05, 0) is 0 Å². The summed E-state index contributed by atoms with van der Waals surface area (Å²) in [5.41, 5.74) is 0. The lowest BCUT2D eigenvalue weighted by Gasteiger charge is -1.89. The maximum Gasteiger partial charge on any atom is 0.347 e. The molecule has 0 bridgehead atoms. The molecule has 0 fully saturated rings. The molecule has 0 aromatic heterocycles. The number of carbonyl (C=O) groups excluding carboxylic acids is 1. The Kier molecular flexibility index (Phi) is 3.99. The molecule has 2 N–H and O–H groups in total. The summed E-state index contributed by atoms with van der Waals surface area (Å²) in [5.74, 6) is -3.64. The predicted octanol–water partition coefficient (Wildman–Crippen LogP) is 0.238. The molecule has 0 saturated heterocycles. The summed E-state index contributed by atoms with van der Waals surface area (Å²) in [6.07, 6.45) is -0.193. The summed E-state index contributed by atoms with van der Waals surface area (Å²) in [4.78, 5) is 30.5. The first-order valence-electron chi connectivity index (χ1n) is 2.78. The third-order valence-corrected chi connectivity index (χ3v) is 1.09. The minimum Gasteiger partial charge on any atom is -0.481 e. The van der Waals surface area contributed by atoms with Crippen LogP contribution in [0.1, 0.15) is 6.42 Å². The number of hydrogen-bond acceptors (Lipinski definition) is 3. The second-order valence-corrected chi connectivity index (χ2v) is 2.24. The highest BCUT2D eigenvalue weighted by atomic mass is 35.5. The van der Waals surface area contributed by atoms with Gasteiger partial charge in [0.25, 0.3) is 0 Å². The zero-order valence-electron chi connectivity index (χ0n) is 5.78. The minimum absolute atomic E-state index is 0.567. The molecule has 0 aliphatic rings. The van der Waals surface area contributed by atoms with Crippen LogP contribution in [0.5, 0.6) is 0 Å². The van der Waals surface area contributed by atoms with E-state index in [1.807, 2.05) is 0 Å². The molecule has 6 heteroatoms. The van der Waals surface area contributed by atoms with Crippen LogP contribution in [0, 0.1) is 0 Å². The van der Waals surface area contributed by atoms with Crippen molar-refractivity contribution in [2.24, 2.45) is 0 Å². The van der Waals surface area contributed by atoms with Crippen LogP contribution < -0.4 is 0 Å². The third-order valence-electron chi connectivity index (χ3n) is 0.817. The lowest BCUT2D eigenvalue weighted by Crippen LogP contribution is -2.05. The molecule has 0 rings (SSSR count). The fourth-order valence-electron chi connectivity index (χ4n) is 0.403. The second kappa shape index (κ2) is 4.50. The number of hydrogen-bond donors (Lipinski definition) is 2. The Bertz CT molecular complexity index is 255. The van der Waals surface area contributed by atoms with Crippen molar-refractivity contribution in [1.29, 1.82) is 0 Å². The van der Waals surface area contributed by atoms with Gasteiger partial charge in [0.1, 0.15) is 11.5 Å². The van der Waals surface area contributed by atoms with E-state index in [0.717, 1.165) is 0 Å². The van der Waals surface area contributed by atoms with E-state index in [1.54, 1.807) is 0 Å². The first kappa shape index (κ1) is 10.6. The number of carbonyl (C=O) groups is 3. The van der Waals surface area contributed by atoms with Gasteiger partial charge in [0.15, 0.2) is 5.78 Å². The molecule has 0 aromatic rings. The van der Waals surface area contributed by atoms with E-state index >= 15 is 0 Å². The van der Waals surface area contributed by atoms with Crippen molar-refractivity contribution < 1.29 is 24.6 Å². The molecule has 66 valence electrons. The molecular weight excluding hydrogens is 188 g/mol. The quantitative estimate of drug-likeness (QED) is 0.492. The fourth-order valence-corrected chi connectivity index (χ4v) is 0.525. The standard InChI is InChI=1S/C6H5ClO5/c7-4(6(11)12)1-3(8)2-5(9)10/h1H,2H2,(H,9,10)(H,11,12)/b4-1-. The van der Waals surface area contributed by atoms with Crippen LogP contribution >= 0.6 is 11.6 Å². The molecule has 0 aliphatic heterocycles. The maximum atomic E-state index is 10.6. The van der Waals surface area contributed by atoms with Crippen molar-refractivity contribution in [3.05, 3.63) is 11.1 Å². The summed E-state index contributed by atoms with van der Waals surface area (Å²) in [5, 5.41) is 15.6. The second-order valence-electron chi connectivity index (χ2n) is 1.83. The molecule has 0 spiro atoms. The number of aliphatic carboxylic acids is 2. The van der Waals surface area contributed by atoms with E-state index in [4.69, 9.17) is 21.8 Å². The van der Waals surface area contributed by atoms with Crippen molar-refractivity contribution in [3.8, 4) is 0 Å². The summed E-state index contributed by atoms with van der Waals surface area (Å²) < 4.78 is 0. The van der Waals surface area contributed by atoms with Crippen LogP contribution in [0.3, 0.4) is 0 Å². The Morgan fingerprint density at radius 3 is 2.08 bits per heavy atom. The van der Waals surface area contributed by atoms with Crippen molar-refractivity contribution in [2.75, 3.05) is 0 Å². The van der Waals surface area contributed by atoms with Gasteiger partial charge < -0.3 is 10.2 Å². The number of allylic oxidation sites excluding steroid dienone is 1. The smallest absolute Gasteiger partial charge is 0.347 e. The van der Waals surface area contributed by atoms with Crippen LogP contribution in [-0.4, -0.2) is 27.9 Å². The molecule has 0 heterocycles. The first-order valence-corrected chi connectivity index (χ1v) is 3.16. The Labute approximate surface area is 72.3 Å². The SMILES string of the molecule is O=C(O)CC(=O)/C=C(\Cl)C(=O)O. The van der Waals surface area contributed by atoms with Crippen LogP contribution in [-0.2, 0) is 14.4 Å². The van der Waals surface area contributed by atoms with Gasteiger partial charge in [0.05, 0.1) is 0 Å². The molecule has 0 radical (unpaired) electrons. The molecule has 0 aliphatic carbocycles. The van der Waals surface area contributed by atoms with Gasteiger partial charge in [-0.1, -0.05) is 11.6 Å². The Morgan fingerprint density at radius 2 is 1.75 bits per heavy atom. The van der Waals surface area contributed by atoms with Crippen LogP contribution in [0.25, 0.3) is 0 Å². The largest absolute Gasteiger partial charge is 0.481 e. The fraction of sp³-hybridized carbons (Fsp3) is 0.167. The average Bonchev–Trinajstić information content (AvgIpc) is 1.84. The highest BCUT2D eigenvalue weighted by Crippen LogP contribution is 2.01. The van der Waals surface area contributed by atoms with Crippen molar-refractivity contribution in [2.45, 2.75) is 6.42 Å². The molecular formula is C6H5ClO5. The van der Waals surface area contributed by atoms with Gasteiger partial charge in [-0.15, -0.1) is 0 Å². The molecule has 0 unspecified atom stereocenters. The van der Waals surface area contributed by atoms with Gasteiger partial charge >= 0.3 is 11.9 Å². The van der Waals surface area contributed by atoms with Gasteiger partial charge in [-0.3, -0.25) is 9.59 Å². The summed E-state index contributed by atoms with van der Waals surface area (Å²) in [6.45, 7) is 0. The molecule has 0 saturated carbocycles. The average molecular weight is 193 g/mol. The van der Waals surface area contributed by atoms with E-state index in [1.165, 1.54) is 0 Å². The Hall–Kier alpha value is -1.36. The summed E-state index contributed by atoms with van der Waals surface area (Å²) >= 11 is 5.04. The van der Waals surface area contributed by atoms with Gasteiger partial charge in [-0.2, -0.15) is 0 Å². The summed E-state index contributed by atoms with van der Waals surface area (Å²) in [6, 6.07) is 0. The number of ketones is 1. The molecule has 5 nitrogen and oxygen atoms in total. The number of carboxylic acids is 2. The highest BCUT2D eigenvalue weighted by Gasteiger charge is 2.09. The Balaban J connectivity index is 4.24. The van der Waals surface area contributed by atoms with Gasteiger partial charge in [-0.25, -0.2) is 4.79 Å². The normalized spacial score (nSPS) is 10.9. The Morgan fingerprint density at radius 1 is 1.25 bits per heavy atom. The number of carboxylic acid groups (broad SMARTS) is 2. The zero-order chi connectivity index (χ0) is 9.72. The monoisotopic (exact) mass is 192 g/mol. The molecule has 0 amide bonds. The van der Waals surface area contributed by atoms with Gasteiger partial charge in [0, 0.05) is 6.08 Å². The first-order chi connectivity index (χ1) is 5.43. The zero-order valence-corrected chi connectivity index (χ0v) is 6.54. The molecule has 12 heavy (non-hydrogen) atoms. The van der Waals surface area contributed by atoms with Crippen LogP contribution in [0.15, 0.2) is 11.1 Å². The minimum atomic E-state index is -1.46. The predicted molar refractivity (Wildman–Crippen MR) is 38.8 cm³/mol. The van der Waals surface area contributed by atoms with E-state index in [-0.39, 0.29) is 0 Å². The molecule has 0 aromatic carbocycles. The van der Waals surface area contributed by atoms with E-state index < -0.39 is 29.2 Å². The van der Waals surface area contributed by atoms with Crippen molar-refractivity contribution in [3.63, 3.8) is 0 Å². The number of rotatable bonds is 4. The lowest BCUT2D eigenvalue weighted by molar-refractivity contribution is -0.139. The van der Waals surface area contributed by atoms with Crippen LogP contribution in [0.2, 0.25) is 0 Å². The maximum absolute atomic E-state index is 10.6. The molecule has 0 atom stereocenters. The summed E-state index contributed by atoms with van der Waals surface area (Å²) in [7, 11) is 0. The van der Waals surface area contributed by atoms with E-state index in [9.17, 15) is 14.4 Å². The van der Waals surface area contributed by atoms with E-state index in [2.05, 4.69) is 0 Å². The number of halogens is 1. The van der Waals surface area contributed by atoms with Crippen LogP contribution in [0.4, 0.5) is 0 Å². The van der Waals surface area contributed by atoms with Crippen molar-refractivity contribution >= 4 is 29.3 Å². The topological polar surface area (TPSA) is 91.7 Å². The van der Waals surface area contributed by atoms with Gasteiger partial charge in [0.2, 0.25) is 0 Å².